The number of ether oxygens (including phenoxy) is 1. The molecule has 6 nitrogen and oxygen atoms in total. The van der Waals surface area contributed by atoms with Crippen LogP contribution in [0.1, 0.15) is 40.9 Å². The van der Waals surface area contributed by atoms with Gasteiger partial charge in [0.05, 0.1) is 25.1 Å². The van der Waals surface area contributed by atoms with Crippen LogP contribution < -0.4 is 0 Å². The Bertz CT molecular complexity index is 1480. The third-order valence-electron chi connectivity index (χ3n) is 6.91. The van der Waals surface area contributed by atoms with Crippen molar-refractivity contribution in [2.45, 2.75) is 42.5 Å². The number of esters is 1. The average molecular weight is 513 g/mol. The number of amides is 1. The molecule has 37 heavy (non-hydrogen) atoms. The van der Waals surface area contributed by atoms with Gasteiger partial charge < -0.3 is 9.64 Å². The first-order chi connectivity index (χ1) is 17.8. The lowest BCUT2D eigenvalue weighted by molar-refractivity contribution is -0.144. The maximum Gasteiger partial charge on any atom is 0.325 e. The van der Waals surface area contributed by atoms with E-state index in [1.807, 2.05) is 85.8 Å². The van der Waals surface area contributed by atoms with E-state index >= 15 is 0 Å². The fourth-order valence-electron chi connectivity index (χ4n) is 5.19. The van der Waals surface area contributed by atoms with E-state index in [-0.39, 0.29) is 18.2 Å². The SMILES string of the molecule is COC(=O)[C@@]1(Sc2ccc(C)cc2)CC(=O)N(Cc2ccccc2)[C@@H]1c1cn(C(C)=O)c2ccccc12. The van der Waals surface area contributed by atoms with Gasteiger partial charge in [0, 0.05) is 35.5 Å². The highest BCUT2D eigenvalue weighted by molar-refractivity contribution is 8.01. The second kappa shape index (κ2) is 9.90. The van der Waals surface area contributed by atoms with Crippen LogP contribution in [0.15, 0.2) is 90.0 Å². The van der Waals surface area contributed by atoms with Crippen LogP contribution in [0.3, 0.4) is 0 Å². The lowest BCUT2D eigenvalue weighted by Gasteiger charge is -2.35. The molecule has 188 valence electrons. The molecular formula is C30H28N2O4S. The molecule has 1 saturated heterocycles. The second-order valence-corrected chi connectivity index (χ2v) is 10.8. The molecule has 1 aromatic heterocycles. The normalized spacial score (nSPS) is 19.4. The molecule has 2 atom stereocenters. The number of nitrogens with zero attached hydrogens (tertiary/aromatic N) is 2. The molecule has 0 saturated carbocycles. The summed E-state index contributed by atoms with van der Waals surface area (Å²) < 4.78 is 5.73. The van der Waals surface area contributed by atoms with Gasteiger partial charge in [0.25, 0.3) is 0 Å². The van der Waals surface area contributed by atoms with E-state index in [1.54, 1.807) is 15.7 Å². The highest BCUT2D eigenvalue weighted by Crippen LogP contribution is 2.54. The van der Waals surface area contributed by atoms with Gasteiger partial charge in [0.1, 0.15) is 0 Å². The van der Waals surface area contributed by atoms with Crippen LogP contribution in [0.25, 0.3) is 10.9 Å². The van der Waals surface area contributed by atoms with E-state index in [9.17, 15) is 14.4 Å². The number of likely N-dealkylation sites (tertiary alicyclic amines) is 1. The predicted molar refractivity (Wildman–Crippen MR) is 144 cm³/mol. The van der Waals surface area contributed by atoms with E-state index in [0.29, 0.717) is 6.54 Å². The lowest BCUT2D eigenvalue weighted by atomic mass is 9.92. The van der Waals surface area contributed by atoms with Crippen molar-refractivity contribution in [3.63, 3.8) is 0 Å². The van der Waals surface area contributed by atoms with Crippen molar-refractivity contribution in [3.05, 3.63) is 102 Å². The molecule has 0 radical (unpaired) electrons. The first-order valence-corrected chi connectivity index (χ1v) is 12.9. The summed E-state index contributed by atoms with van der Waals surface area (Å²) >= 11 is 1.36. The van der Waals surface area contributed by atoms with Gasteiger partial charge in [-0.15, -0.1) is 11.8 Å². The van der Waals surface area contributed by atoms with Crippen molar-refractivity contribution in [1.29, 1.82) is 0 Å². The Morgan fingerprint density at radius 2 is 1.68 bits per heavy atom. The zero-order chi connectivity index (χ0) is 26.2. The van der Waals surface area contributed by atoms with E-state index in [1.165, 1.54) is 25.8 Å². The fourth-order valence-corrected chi connectivity index (χ4v) is 6.61. The number of hydrogen-bond donors (Lipinski definition) is 0. The maximum atomic E-state index is 13.8. The average Bonchev–Trinajstić information content (AvgIpc) is 3.41. The van der Waals surface area contributed by atoms with Crippen molar-refractivity contribution in [2.24, 2.45) is 0 Å². The molecular weight excluding hydrogens is 484 g/mol. The molecule has 0 N–H and O–H groups in total. The predicted octanol–water partition coefficient (Wildman–Crippen LogP) is 5.79. The summed E-state index contributed by atoms with van der Waals surface area (Å²) in [5, 5.41) is 0.827. The number of benzene rings is 3. The Morgan fingerprint density at radius 1 is 1.00 bits per heavy atom. The third kappa shape index (κ3) is 4.44. The van der Waals surface area contributed by atoms with Crippen LogP contribution in [0.4, 0.5) is 0 Å². The van der Waals surface area contributed by atoms with Crippen LogP contribution in [0, 0.1) is 6.92 Å². The summed E-state index contributed by atoms with van der Waals surface area (Å²) in [7, 11) is 1.36. The standard InChI is InChI=1S/C30H28N2O4S/c1-20-13-15-23(16-14-20)37-30(29(35)36-3)17-27(34)32(18-22-9-5-4-6-10-22)28(30)25-19-31(21(2)33)26-12-8-7-11-24(25)26/h4-16,19,28H,17-18H2,1-3H3/t28-,30-/m1/s1. The molecule has 1 fully saturated rings. The first kappa shape index (κ1) is 24.8. The highest BCUT2D eigenvalue weighted by atomic mass is 32.2. The fraction of sp³-hybridized carbons (Fsp3) is 0.233. The quantitative estimate of drug-likeness (QED) is 0.306. The number of para-hydroxylation sites is 1. The van der Waals surface area contributed by atoms with Gasteiger partial charge in [-0.1, -0.05) is 66.2 Å². The molecule has 1 aliphatic heterocycles. The van der Waals surface area contributed by atoms with Gasteiger partial charge in [-0.25, -0.2) is 0 Å². The van der Waals surface area contributed by atoms with Crippen LogP contribution in [-0.4, -0.2) is 39.1 Å². The number of fused-ring (bicyclic) bond motifs is 1. The first-order valence-electron chi connectivity index (χ1n) is 12.1. The largest absolute Gasteiger partial charge is 0.468 e. The molecule has 0 unspecified atom stereocenters. The highest BCUT2D eigenvalue weighted by Gasteiger charge is 2.59. The topological polar surface area (TPSA) is 68.6 Å². The molecule has 2 heterocycles. The molecule has 0 bridgehead atoms. The lowest BCUT2D eigenvalue weighted by Crippen LogP contribution is -2.42. The van der Waals surface area contributed by atoms with Crippen LogP contribution in [-0.2, 0) is 20.9 Å². The van der Waals surface area contributed by atoms with Gasteiger partial charge in [-0.3, -0.25) is 19.0 Å². The summed E-state index contributed by atoms with van der Waals surface area (Å²) in [6.45, 7) is 3.84. The minimum atomic E-state index is -1.25. The zero-order valence-corrected chi connectivity index (χ0v) is 21.8. The number of thioether (sulfide) groups is 1. The number of carbonyl (C=O) groups is 3. The zero-order valence-electron chi connectivity index (χ0n) is 21.0. The van der Waals surface area contributed by atoms with E-state index < -0.39 is 16.8 Å². The molecule has 4 aromatic rings. The van der Waals surface area contributed by atoms with Gasteiger partial charge in [-0.2, -0.15) is 0 Å². The minimum absolute atomic E-state index is 0.0186. The Labute approximate surface area is 220 Å². The van der Waals surface area contributed by atoms with E-state index in [2.05, 4.69) is 0 Å². The maximum absolute atomic E-state index is 13.8. The molecule has 3 aromatic carbocycles. The number of hydrogen-bond acceptors (Lipinski definition) is 5. The monoisotopic (exact) mass is 512 g/mol. The molecule has 0 spiro atoms. The minimum Gasteiger partial charge on any atom is -0.468 e. The van der Waals surface area contributed by atoms with Crippen LogP contribution >= 0.6 is 11.8 Å². The number of methoxy groups -OCH3 is 1. The van der Waals surface area contributed by atoms with Crippen molar-refractivity contribution in [3.8, 4) is 0 Å². The third-order valence-corrected chi connectivity index (χ3v) is 8.32. The summed E-state index contributed by atoms with van der Waals surface area (Å²) in [4.78, 5) is 42.7. The summed E-state index contributed by atoms with van der Waals surface area (Å²) in [6, 6.07) is 24.6. The van der Waals surface area contributed by atoms with Crippen LogP contribution in [0.5, 0.6) is 0 Å². The van der Waals surface area contributed by atoms with Crippen molar-refractivity contribution in [2.75, 3.05) is 7.11 Å². The van der Waals surface area contributed by atoms with Crippen molar-refractivity contribution in [1.82, 2.24) is 9.47 Å². The molecule has 1 amide bonds. The number of aromatic nitrogens is 1. The van der Waals surface area contributed by atoms with Gasteiger partial charge in [-0.05, 0) is 30.7 Å². The molecule has 1 aliphatic rings. The smallest absolute Gasteiger partial charge is 0.325 e. The van der Waals surface area contributed by atoms with Gasteiger partial charge >= 0.3 is 5.97 Å². The van der Waals surface area contributed by atoms with Crippen LogP contribution in [0.2, 0.25) is 0 Å². The Balaban J connectivity index is 1.74. The van der Waals surface area contributed by atoms with E-state index in [4.69, 9.17) is 4.74 Å². The molecule has 7 heteroatoms. The Morgan fingerprint density at radius 3 is 2.35 bits per heavy atom. The van der Waals surface area contributed by atoms with Crippen molar-refractivity contribution >= 4 is 40.4 Å². The second-order valence-electron chi connectivity index (χ2n) is 9.37. The summed E-state index contributed by atoms with van der Waals surface area (Å²) in [5.74, 6) is -0.749. The number of rotatable bonds is 6. The summed E-state index contributed by atoms with van der Waals surface area (Å²) in [5.41, 5.74) is 3.55. The van der Waals surface area contributed by atoms with Gasteiger partial charge in [0.2, 0.25) is 11.8 Å². The Hall–Kier alpha value is -3.84. The van der Waals surface area contributed by atoms with E-state index in [0.717, 1.165) is 32.5 Å². The van der Waals surface area contributed by atoms with Gasteiger partial charge in [0.15, 0.2) is 4.75 Å². The van der Waals surface area contributed by atoms with Crippen molar-refractivity contribution < 1.29 is 19.1 Å². The molecule has 5 rings (SSSR count). The molecule has 0 aliphatic carbocycles. The summed E-state index contributed by atoms with van der Waals surface area (Å²) in [6.07, 6.45) is 1.76. The number of aryl methyl sites for hydroxylation is 1. The Kier molecular flexibility index (Phi) is 6.65. The number of carbonyl (C=O) groups excluding carboxylic acids is 3.